The number of hydrogen-bond acceptors (Lipinski definition) is 3. The van der Waals surface area contributed by atoms with E-state index in [4.69, 9.17) is 0 Å². The summed E-state index contributed by atoms with van der Waals surface area (Å²) in [5, 5.41) is 6.37. The fraction of sp³-hybridized carbons (Fsp3) is 0.652. The number of hydrogen-bond donors (Lipinski definition) is 2. The highest BCUT2D eigenvalue weighted by Gasteiger charge is 2.29. The molecule has 0 radical (unpaired) electrons. The van der Waals surface area contributed by atoms with Crippen molar-refractivity contribution < 1.29 is 13.6 Å². The Morgan fingerprint density at radius 3 is 2.53 bits per heavy atom. The molecule has 1 aromatic rings. The van der Waals surface area contributed by atoms with Gasteiger partial charge in [-0.2, -0.15) is 0 Å². The molecule has 9 heteroatoms. The summed E-state index contributed by atoms with van der Waals surface area (Å²) in [5.41, 5.74) is 0.355. The molecule has 0 aromatic heterocycles. The molecule has 1 aromatic carbocycles. The van der Waals surface area contributed by atoms with Crippen molar-refractivity contribution in [1.29, 1.82) is 0 Å². The van der Waals surface area contributed by atoms with Crippen LogP contribution in [0, 0.1) is 17.6 Å². The smallest absolute Gasteiger partial charge is 0.225 e. The highest BCUT2D eigenvalue weighted by atomic mass is 127. The van der Waals surface area contributed by atoms with Crippen LogP contribution in [0.3, 0.4) is 0 Å². The Labute approximate surface area is 207 Å². The number of piperazine rings is 1. The molecule has 0 atom stereocenters. The lowest BCUT2D eigenvalue weighted by atomic mass is 10.1. The quantitative estimate of drug-likeness (QED) is 0.290. The zero-order valence-corrected chi connectivity index (χ0v) is 21.2. The van der Waals surface area contributed by atoms with Crippen LogP contribution in [0.2, 0.25) is 0 Å². The van der Waals surface area contributed by atoms with Gasteiger partial charge in [0.25, 0.3) is 0 Å². The summed E-state index contributed by atoms with van der Waals surface area (Å²) >= 11 is 0. The Kier molecular flexibility index (Phi) is 11.6. The Bertz CT molecular complexity index is 750. The predicted octanol–water partition coefficient (Wildman–Crippen LogP) is 3.01. The zero-order chi connectivity index (χ0) is 22.1. The normalized spacial score (nSPS) is 17.8. The third-order valence-corrected chi connectivity index (χ3v) is 6.11. The molecular formula is C23H36F2IN5O. The molecule has 1 amide bonds. The maximum atomic E-state index is 13.7. The van der Waals surface area contributed by atoms with Gasteiger partial charge in [-0.15, -0.1) is 24.0 Å². The number of amides is 1. The molecule has 1 saturated heterocycles. The minimum Gasteiger partial charge on any atom is -0.357 e. The summed E-state index contributed by atoms with van der Waals surface area (Å²) < 4.78 is 27.0. The summed E-state index contributed by atoms with van der Waals surface area (Å²) in [7, 11) is 0. The second-order valence-electron chi connectivity index (χ2n) is 8.32. The Hall–Kier alpha value is -1.49. The van der Waals surface area contributed by atoms with Gasteiger partial charge in [0.1, 0.15) is 11.6 Å². The maximum Gasteiger partial charge on any atom is 0.225 e. The van der Waals surface area contributed by atoms with Gasteiger partial charge >= 0.3 is 0 Å². The lowest BCUT2D eigenvalue weighted by Gasteiger charge is -2.35. The van der Waals surface area contributed by atoms with E-state index in [9.17, 15) is 13.6 Å². The number of nitrogens with one attached hydrogen (secondary N) is 2. The van der Waals surface area contributed by atoms with Crippen LogP contribution < -0.4 is 10.6 Å². The van der Waals surface area contributed by atoms with Crippen LogP contribution in [0.15, 0.2) is 23.2 Å². The van der Waals surface area contributed by atoms with Crippen molar-refractivity contribution in [2.24, 2.45) is 10.9 Å². The van der Waals surface area contributed by atoms with E-state index in [-0.39, 0.29) is 29.9 Å². The van der Waals surface area contributed by atoms with Gasteiger partial charge in [0, 0.05) is 51.7 Å². The van der Waals surface area contributed by atoms with Crippen molar-refractivity contribution in [3.05, 3.63) is 35.4 Å². The topological polar surface area (TPSA) is 60.0 Å². The van der Waals surface area contributed by atoms with E-state index in [2.05, 4.69) is 20.5 Å². The van der Waals surface area contributed by atoms with Gasteiger partial charge in [0.05, 0.1) is 6.54 Å². The summed E-state index contributed by atoms with van der Waals surface area (Å²) in [6.07, 6.45) is 4.87. The lowest BCUT2D eigenvalue weighted by molar-refractivity contribution is -0.137. The molecule has 0 spiro atoms. The standard InChI is InChI=1S/C23H35F2N5O.HI/c1-2-26-23(27-10-9-19-17-20(24)7-8-21(19)25)28-11-12-29-13-15-30(16-14-29)22(31)18-5-3-4-6-18;/h7-8,17-18H,2-6,9-16H2,1H3,(H2,26,27,28);1H. The average molecular weight is 563 g/mol. The van der Waals surface area contributed by atoms with Crippen LogP contribution in [0.4, 0.5) is 8.78 Å². The first kappa shape index (κ1) is 26.8. The first-order chi connectivity index (χ1) is 15.1. The molecule has 0 unspecified atom stereocenters. The lowest BCUT2D eigenvalue weighted by Crippen LogP contribution is -2.50. The van der Waals surface area contributed by atoms with Gasteiger partial charge in [0.15, 0.2) is 5.96 Å². The van der Waals surface area contributed by atoms with Gasteiger partial charge < -0.3 is 15.5 Å². The van der Waals surface area contributed by atoms with Crippen molar-refractivity contribution in [2.45, 2.75) is 39.0 Å². The van der Waals surface area contributed by atoms with E-state index < -0.39 is 11.6 Å². The summed E-state index contributed by atoms with van der Waals surface area (Å²) in [6.45, 7) is 8.03. The summed E-state index contributed by atoms with van der Waals surface area (Å²) in [6, 6.07) is 3.52. The molecule has 3 rings (SSSR count). The molecular weight excluding hydrogens is 527 g/mol. The van der Waals surface area contributed by atoms with Crippen molar-refractivity contribution in [1.82, 2.24) is 20.4 Å². The molecule has 1 heterocycles. The van der Waals surface area contributed by atoms with Crippen molar-refractivity contribution in [3.8, 4) is 0 Å². The minimum absolute atomic E-state index is 0. The van der Waals surface area contributed by atoms with Crippen molar-refractivity contribution in [3.63, 3.8) is 0 Å². The first-order valence-corrected chi connectivity index (χ1v) is 11.5. The van der Waals surface area contributed by atoms with Crippen LogP contribution in [0.25, 0.3) is 0 Å². The van der Waals surface area contributed by atoms with Crippen LogP contribution in [-0.4, -0.2) is 74.0 Å². The number of carbonyl (C=O) groups excluding carboxylic acids is 1. The summed E-state index contributed by atoms with van der Waals surface area (Å²) in [5.74, 6) is 0.460. The van der Waals surface area contributed by atoms with E-state index in [1.807, 2.05) is 11.8 Å². The SMILES string of the molecule is CCNC(=NCCN1CCN(C(=O)C2CCCC2)CC1)NCCc1cc(F)ccc1F.I. The van der Waals surface area contributed by atoms with Gasteiger partial charge in [0.2, 0.25) is 5.91 Å². The molecule has 2 aliphatic rings. The van der Waals surface area contributed by atoms with Crippen LogP contribution in [-0.2, 0) is 11.2 Å². The average Bonchev–Trinajstić information content (AvgIpc) is 3.31. The molecule has 1 saturated carbocycles. The predicted molar refractivity (Wildman–Crippen MR) is 134 cm³/mol. The molecule has 2 N–H and O–H groups in total. The first-order valence-electron chi connectivity index (χ1n) is 11.5. The Balaban J connectivity index is 0.00000363. The van der Waals surface area contributed by atoms with E-state index in [0.29, 0.717) is 36.9 Å². The van der Waals surface area contributed by atoms with Gasteiger partial charge in [-0.25, -0.2) is 8.78 Å². The van der Waals surface area contributed by atoms with E-state index in [1.165, 1.54) is 18.9 Å². The highest BCUT2D eigenvalue weighted by molar-refractivity contribution is 14.0. The largest absolute Gasteiger partial charge is 0.357 e. The fourth-order valence-electron chi connectivity index (χ4n) is 4.32. The van der Waals surface area contributed by atoms with Crippen molar-refractivity contribution >= 4 is 35.8 Å². The third kappa shape index (κ3) is 8.13. The number of carbonyl (C=O) groups is 1. The molecule has 0 bridgehead atoms. The number of benzene rings is 1. The van der Waals surface area contributed by atoms with Gasteiger partial charge in [-0.3, -0.25) is 14.7 Å². The Morgan fingerprint density at radius 1 is 1.12 bits per heavy atom. The second-order valence-corrected chi connectivity index (χ2v) is 8.32. The maximum absolute atomic E-state index is 13.7. The number of rotatable bonds is 8. The van der Waals surface area contributed by atoms with Gasteiger partial charge in [-0.05, 0) is 49.9 Å². The molecule has 1 aliphatic heterocycles. The van der Waals surface area contributed by atoms with E-state index in [1.54, 1.807) is 0 Å². The van der Waals surface area contributed by atoms with E-state index in [0.717, 1.165) is 64.2 Å². The van der Waals surface area contributed by atoms with Crippen LogP contribution in [0.1, 0.15) is 38.2 Å². The van der Waals surface area contributed by atoms with Crippen molar-refractivity contribution in [2.75, 3.05) is 52.4 Å². The monoisotopic (exact) mass is 563 g/mol. The third-order valence-electron chi connectivity index (χ3n) is 6.11. The molecule has 1 aliphatic carbocycles. The number of nitrogens with zero attached hydrogens (tertiary/aromatic N) is 3. The molecule has 6 nitrogen and oxygen atoms in total. The fourth-order valence-corrected chi connectivity index (χ4v) is 4.32. The molecule has 180 valence electrons. The van der Waals surface area contributed by atoms with Gasteiger partial charge in [-0.1, -0.05) is 12.8 Å². The number of aliphatic imine (C=N–C) groups is 1. The van der Waals surface area contributed by atoms with Crippen LogP contribution in [0.5, 0.6) is 0 Å². The molecule has 32 heavy (non-hydrogen) atoms. The van der Waals surface area contributed by atoms with Crippen LogP contribution >= 0.6 is 24.0 Å². The number of guanidine groups is 1. The zero-order valence-electron chi connectivity index (χ0n) is 18.9. The van der Waals surface area contributed by atoms with E-state index >= 15 is 0 Å². The number of halogens is 3. The minimum atomic E-state index is -0.429. The second kappa shape index (κ2) is 13.9. The summed E-state index contributed by atoms with van der Waals surface area (Å²) in [4.78, 5) is 21.5. The molecule has 2 fully saturated rings. The highest BCUT2D eigenvalue weighted by Crippen LogP contribution is 2.26. The Morgan fingerprint density at radius 2 is 1.84 bits per heavy atom.